The van der Waals surface area contributed by atoms with Gasteiger partial charge in [0.15, 0.2) is 5.96 Å². The third-order valence-electron chi connectivity index (χ3n) is 5.92. The third-order valence-corrected chi connectivity index (χ3v) is 6.70. The number of benzene rings is 1. The maximum absolute atomic E-state index is 12.6. The fourth-order valence-corrected chi connectivity index (χ4v) is 4.63. The Bertz CT molecular complexity index is 1290. The van der Waals surface area contributed by atoms with E-state index in [0.717, 1.165) is 54.9 Å². The average Bonchev–Trinajstić information content (AvgIpc) is 3.34. The normalized spacial score (nSPS) is 11.6. The molecule has 0 bridgehead atoms. The van der Waals surface area contributed by atoms with Crippen LogP contribution in [0.2, 0.25) is 0 Å². The molecule has 0 aliphatic rings. The van der Waals surface area contributed by atoms with E-state index in [4.69, 9.17) is 17.2 Å². The number of amides is 2. The summed E-state index contributed by atoms with van der Waals surface area (Å²) < 4.78 is 1.54. The Balaban J connectivity index is 1.49. The van der Waals surface area contributed by atoms with Gasteiger partial charge >= 0.3 is 11.7 Å². The zero-order chi connectivity index (χ0) is 28.0. The second kappa shape index (κ2) is 15.6. The van der Waals surface area contributed by atoms with Crippen molar-refractivity contribution >= 4 is 34.8 Å². The van der Waals surface area contributed by atoms with Crippen LogP contribution in [0.3, 0.4) is 0 Å². The standard InChI is InChI=1S/C26H38N10O2S/c1-18-32-22(17-39-18)19-6-2-7-21(16-19)33-25(37)34-23-10-15-36(26(38)35-23)14-4-9-20(30-13-5-11-27)8-3-12-31-24(28)29/h2,6-7,10,15-17,20,30H,3-5,8-9,11-14,27H2,1H3,(H4,28,29,31)(H2,33,34,35,37,38)/t20-/m0/s1. The Morgan fingerprint density at radius 1 is 1.13 bits per heavy atom. The first kappa shape index (κ1) is 29.7. The highest BCUT2D eigenvalue weighted by Gasteiger charge is 2.10. The molecular weight excluding hydrogens is 516 g/mol. The van der Waals surface area contributed by atoms with Gasteiger partial charge in [-0.2, -0.15) is 4.98 Å². The highest BCUT2D eigenvalue weighted by atomic mass is 32.1. The molecule has 9 N–H and O–H groups in total. The highest BCUT2D eigenvalue weighted by Crippen LogP contribution is 2.24. The van der Waals surface area contributed by atoms with Crippen LogP contribution in [0.4, 0.5) is 16.3 Å². The molecule has 210 valence electrons. The van der Waals surface area contributed by atoms with Crippen molar-refractivity contribution in [3.63, 3.8) is 0 Å². The van der Waals surface area contributed by atoms with Gasteiger partial charge in [-0.1, -0.05) is 12.1 Å². The Morgan fingerprint density at radius 2 is 1.95 bits per heavy atom. The Morgan fingerprint density at radius 3 is 2.67 bits per heavy atom. The molecular formula is C26H38N10O2S. The van der Waals surface area contributed by atoms with Crippen molar-refractivity contribution in [1.82, 2.24) is 19.9 Å². The lowest BCUT2D eigenvalue weighted by Crippen LogP contribution is -2.32. The SMILES string of the molecule is Cc1nc(-c2cccc(NC(=O)Nc3ccn(CCC[C@H](CCCN=C(N)N)NCCCN)c(=O)n3)c2)cs1. The van der Waals surface area contributed by atoms with E-state index in [-0.39, 0.29) is 17.8 Å². The molecule has 0 saturated heterocycles. The molecule has 3 aromatic rings. The van der Waals surface area contributed by atoms with E-state index in [2.05, 4.69) is 30.9 Å². The number of thiazole rings is 1. The monoisotopic (exact) mass is 554 g/mol. The van der Waals surface area contributed by atoms with Crippen LogP contribution >= 0.6 is 11.3 Å². The van der Waals surface area contributed by atoms with Gasteiger partial charge in [0, 0.05) is 42.0 Å². The lowest BCUT2D eigenvalue weighted by atomic mass is 10.1. The number of hydrogen-bond donors (Lipinski definition) is 6. The van der Waals surface area contributed by atoms with Crippen molar-refractivity contribution in [2.45, 2.75) is 51.6 Å². The molecule has 1 atom stereocenters. The van der Waals surface area contributed by atoms with Gasteiger partial charge in [0.25, 0.3) is 0 Å². The average molecular weight is 555 g/mol. The zero-order valence-electron chi connectivity index (χ0n) is 22.2. The highest BCUT2D eigenvalue weighted by molar-refractivity contribution is 7.09. The first-order chi connectivity index (χ1) is 18.8. The molecule has 2 heterocycles. The van der Waals surface area contributed by atoms with Crippen molar-refractivity contribution in [2.75, 3.05) is 30.3 Å². The molecule has 0 radical (unpaired) electrons. The largest absolute Gasteiger partial charge is 0.370 e. The molecule has 0 spiro atoms. The molecule has 13 heteroatoms. The van der Waals surface area contributed by atoms with E-state index in [0.29, 0.717) is 25.3 Å². The first-order valence-corrected chi connectivity index (χ1v) is 13.9. The smallest absolute Gasteiger partial charge is 0.349 e. The minimum atomic E-state index is -0.488. The fourth-order valence-electron chi connectivity index (χ4n) is 4.01. The van der Waals surface area contributed by atoms with Gasteiger partial charge in [-0.25, -0.2) is 14.6 Å². The summed E-state index contributed by atoms with van der Waals surface area (Å²) in [5.41, 5.74) is 18.3. The summed E-state index contributed by atoms with van der Waals surface area (Å²) in [7, 11) is 0. The van der Waals surface area contributed by atoms with Gasteiger partial charge in [-0.3, -0.25) is 14.9 Å². The van der Waals surface area contributed by atoms with E-state index in [1.165, 1.54) is 0 Å². The van der Waals surface area contributed by atoms with Crippen molar-refractivity contribution in [1.29, 1.82) is 0 Å². The minimum Gasteiger partial charge on any atom is -0.370 e. The number of aliphatic imine (C=N–C) groups is 1. The Labute approximate surface area is 232 Å². The molecule has 1 aromatic carbocycles. The summed E-state index contributed by atoms with van der Waals surface area (Å²) in [5.74, 6) is 0.280. The van der Waals surface area contributed by atoms with E-state index >= 15 is 0 Å². The summed E-state index contributed by atoms with van der Waals surface area (Å²) in [6.07, 6.45) is 5.97. The van der Waals surface area contributed by atoms with Crippen LogP contribution in [0.5, 0.6) is 0 Å². The summed E-state index contributed by atoms with van der Waals surface area (Å²) >= 11 is 1.57. The Kier molecular flexibility index (Phi) is 11.9. The van der Waals surface area contributed by atoms with Crippen LogP contribution in [-0.2, 0) is 6.54 Å². The molecule has 0 aliphatic heterocycles. The number of aryl methyl sites for hydroxylation is 2. The van der Waals surface area contributed by atoms with Crippen molar-refractivity contribution in [2.24, 2.45) is 22.2 Å². The maximum Gasteiger partial charge on any atom is 0.349 e. The number of nitrogens with one attached hydrogen (secondary N) is 3. The summed E-state index contributed by atoms with van der Waals surface area (Å²) in [6.45, 7) is 4.51. The summed E-state index contributed by atoms with van der Waals surface area (Å²) in [4.78, 5) is 37.6. The van der Waals surface area contributed by atoms with Crippen LogP contribution in [-0.4, -0.2) is 52.2 Å². The minimum absolute atomic E-state index is 0.0980. The quantitative estimate of drug-likeness (QED) is 0.0937. The molecule has 12 nitrogen and oxygen atoms in total. The molecule has 0 unspecified atom stereocenters. The topological polar surface area (TPSA) is 191 Å². The van der Waals surface area contributed by atoms with Gasteiger partial charge in [0.2, 0.25) is 0 Å². The van der Waals surface area contributed by atoms with Crippen LogP contribution in [0.1, 0.15) is 37.1 Å². The predicted molar refractivity (Wildman–Crippen MR) is 158 cm³/mol. The molecule has 2 amide bonds. The van der Waals surface area contributed by atoms with E-state index < -0.39 is 11.7 Å². The first-order valence-electron chi connectivity index (χ1n) is 13.0. The number of anilines is 2. The Hall–Kier alpha value is -3.81. The summed E-state index contributed by atoms with van der Waals surface area (Å²) in [5, 5.41) is 11.9. The van der Waals surface area contributed by atoms with Gasteiger partial charge in [-0.05, 0) is 70.3 Å². The second-order valence-electron chi connectivity index (χ2n) is 9.08. The maximum atomic E-state index is 12.6. The number of guanidine groups is 1. The number of carbonyl (C=O) groups is 1. The molecule has 0 fully saturated rings. The number of hydrogen-bond acceptors (Lipinski definition) is 8. The van der Waals surface area contributed by atoms with E-state index in [9.17, 15) is 9.59 Å². The predicted octanol–water partition coefficient (Wildman–Crippen LogP) is 2.46. The summed E-state index contributed by atoms with van der Waals surface area (Å²) in [6, 6.07) is 8.81. The van der Waals surface area contributed by atoms with Gasteiger partial charge in [-0.15, -0.1) is 11.3 Å². The molecule has 39 heavy (non-hydrogen) atoms. The number of aromatic nitrogens is 3. The number of carbonyl (C=O) groups excluding carboxylic acids is 1. The second-order valence-corrected chi connectivity index (χ2v) is 10.1. The molecule has 3 rings (SSSR count). The molecule has 0 saturated carbocycles. The lowest BCUT2D eigenvalue weighted by Gasteiger charge is -2.18. The van der Waals surface area contributed by atoms with Crippen LogP contribution in [0, 0.1) is 6.92 Å². The third kappa shape index (κ3) is 10.5. The lowest BCUT2D eigenvalue weighted by molar-refractivity contribution is 0.262. The zero-order valence-corrected chi connectivity index (χ0v) is 23.0. The van der Waals surface area contributed by atoms with Crippen molar-refractivity contribution in [3.8, 4) is 11.3 Å². The molecule has 0 aliphatic carbocycles. The molecule has 2 aromatic heterocycles. The van der Waals surface area contributed by atoms with Gasteiger partial charge in [0.1, 0.15) is 5.82 Å². The van der Waals surface area contributed by atoms with Gasteiger partial charge < -0.3 is 27.8 Å². The number of urea groups is 1. The van der Waals surface area contributed by atoms with Crippen molar-refractivity contribution in [3.05, 3.63) is 57.4 Å². The van der Waals surface area contributed by atoms with Crippen LogP contribution in [0.15, 0.2) is 51.7 Å². The van der Waals surface area contributed by atoms with Crippen LogP contribution < -0.4 is 38.8 Å². The van der Waals surface area contributed by atoms with Crippen molar-refractivity contribution < 1.29 is 4.79 Å². The fraction of sp³-hybridized carbons (Fsp3) is 0.423. The van der Waals surface area contributed by atoms with Crippen LogP contribution in [0.25, 0.3) is 11.3 Å². The number of nitrogens with two attached hydrogens (primary N) is 3. The van der Waals surface area contributed by atoms with Gasteiger partial charge in [0.05, 0.1) is 10.7 Å². The van der Waals surface area contributed by atoms with E-state index in [1.54, 1.807) is 34.2 Å². The van der Waals surface area contributed by atoms with E-state index in [1.807, 2.05) is 30.5 Å². The number of nitrogens with zero attached hydrogens (tertiary/aromatic N) is 4. The number of rotatable bonds is 15.